The van der Waals surface area contributed by atoms with Crippen LogP contribution in [-0.2, 0) is 23.1 Å². The second kappa shape index (κ2) is 11.9. The average molecular weight is 545 g/mol. The maximum absolute atomic E-state index is 14.6. The normalized spacial score (nSPS) is 14.5. The summed E-state index contributed by atoms with van der Waals surface area (Å²) < 4.78 is 22.9. The van der Waals surface area contributed by atoms with Gasteiger partial charge >= 0.3 is 23.0 Å². The van der Waals surface area contributed by atoms with Crippen molar-refractivity contribution in [2.75, 3.05) is 18.4 Å². The molecule has 0 radical (unpaired) electrons. The molecule has 196 valence electrons. The second-order valence-electron chi connectivity index (χ2n) is 8.23. The molecule has 2 N–H and O–H groups in total. The number of benzene rings is 1. The molecule has 2 aromatic rings. The Morgan fingerprint density at radius 3 is 2.58 bits per heavy atom. The fourth-order valence-corrected chi connectivity index (χ4v) is 4.39. The molecule has 1 aliphatic heterocycles. The van der Waals surface area contributed by atoms with Gasteiger partial charge in [-0.2, -0.15) is 4.41 Å². The van der Waals surface area contributed by atoms with E-state index in [0.29, 0.717) is 26.8 Å². The van der Waals surface area contributed by atoms with Crippen LogP contribution in [0.15, 0.2) is 26.5 Å². The molecule has 1 aromatic heterocycles. The molecule has 1 amide bonds. The van der Waals surface area contributed by atoms with Crippen LogP contribution in [0.2, 0.25) is 5.02 Å². The third kappa shape index (κ3) is 6.43. The Morgan fingerprint density at radius 1 is 1.17 bits per heavy atom. The smallest absolute Gasteiger partial charge is 0.341 e. The second-order valence-corrected chi connectivity index (χ2v) is 9.63. The maximum Gasteiger partial charge on any atom is 0.341 e. The zero-order valence-electron chi connectivity index (χ0n) is 19.9. The molecule has 0 spiro atoms. The number of aromatic nitrogens is 3. The molecule has 0 saturated carbocycles. The van der Waals surface area contributed by atoms with Crippen LogP contribution in [0, 0.1) is 5.82 Å². The number of carbonyl (C=O) groups excluding carboxylic acids is 2. The molecule has 1 saturated heterocycles. The average Bonchev–Trinajstić information content (AvgIpc) is 3.06. The summed E-state index contributed by atoms with van der Waals surface area (Å²) in [6, 6.07) is 1.84. The molecule has 0 atom stereocenters. The summed E-state index contributed by atoms with van der Waals surface area (Å²) in [6.45, 7) is 3.74. The van der Waals surface area contributed by atoms with Gasteiger partial charge in [-0.05, 0) is 38.8 Å². The van der Waals surface area contributed by atoms with Gasteiger partial charge in [-0.3, -0.25) is 9.59 Å². The summed E-state index contributed by atoms with van der Waals surface area (Å²) in [5.74, 6) is -1.77. The lowest BCUT2D eigenvalue weighted by atomic mass is 10.2. The number of carbonyl (C=O) groups is 2. The minimum absolute atomic E-state index is 0.289. The van der Waals surface area contributed by atoms with Gasteiger partial charge in [0.25, 0.3) is 5.24 Å². The van der Waals surface area contributed by atoms with Crippen LogP contribution in [0.5, 0.6) is 0 Å². The van der Waals surface area contributed by atoms with Crippen LogP contribution in [0.3, 0.4) is 0 Å². The lowest BCUT2D eigenvalue weighted by molar-refractivity contribution is -0.148. The Bertz CT molecular complexity index is 1330. The largest absolute Gasteiger partial charge is 0.462 e. The number of nitrogens with zero attached hydrogens (tertiary/aromatic N) is 4. The number of hydrazine groups is 1. The summed E-state index contributed by atoms with van der Waals surface area (Å²) in [5, 5.41) is 1.45. The van der Waals surface area contributed by atoms with Crippen LogP contribution < -0.4 is 27.8 Å². The molecule has 1 aromatic carbocycles. The fourth-order valence-electron chi connectivity index (χ4n) is 3.42. The van der Waals surface area contributed by atoms with E-state index in [-0.39, 0.29) is 16.4 Å². The Morgan fingerprint density at radius 2 is 1.89 bits per heavy atom. The third-order valence-corrected chi connectivity index (χ3v) is 6.21. The zero-order valence-corrected chi connectivity index (χ0v) is 21.4. The summed E-state index contributed by atoms with van der Waals surface area (Å²) in [5.41, 5.74) is -0.854. The molecule has 1 fully saturated rings. The van der Waals surface area contributed by atoms with Gasteiger partial charge in [0.15, 0.2) is 0 Å². The molecule has 1 aliphatic rings. The van der Waals surface area contributed by atoms with Crippen molar-refractivity contribution in [3.63, 3.8) is 0 Å². The molecular formula is C21H26ClFN6O6S. The third-order valence-electron chi connectivity index (χ3n) is 5.11. The Hall–Kier alpha value is -2.94. The quantitative estimate of drug-likeness (QED) is 0.410. The highest BCUT2D eigenvalue weighted by Crippen LogP contribution is 2.27. The van der Waals surface area contributed by atoms with Gasteiger partial charge in [-0.15, -0.1) is 0 Å². The molecule has 0 unspecified atom stereocenters. The van der Waals surface area contributed by atoms with Crippen molar-refractivity contribution in [3.8, 4) is 5.69 Å². The number of hydrogen-bond donors (Lipinski definition) is 2. The standard InChI is InChI=1S/C21H26ClFN6O6S/c1-12(2)35-17(30)11-27-19(32)26(3)20(33)29(21(27)34)16-10-15(14(23)9-13(16)22)25-18(31)36-28-8-6-4-5-7-24-28/h9-10,12,24H,4-8,11H2,1-3H3,(H,25,31). The maximum atomic E-state index is 14.6. The topological polar surface area (TPSA) is 137 Å². The van der Waals surface area contributed by atoms with Gasteiger partial charge in [0.1, 0.15) is 12.4 Å². The minimum Gasteiger partial charge on any atom is -0.462 e. The molecule has 0 bridgehead atoms. The lowest BCUT2D eigenvalue weighted by Crippen LogP contribution is -2.54. The van der Waals surface area contributed by atoms with Crippen molar-refractivity contribution in [1.82, 2.24) is 23.5 Å². The van der Waals surface area contributed by atoms with Crippen molar-refractivity contribution >= 4 is 40.4 Å². The zero-order chi connectivity index (χ0) is 26.6. The van der Waals surface area contributed by atoms with Crippen molar-refractivity contribution in [3.05, 3.63) is 54.4 Å². The van der Waals surface area contributed by atoms with Gasteiger partial charge in [-0.1, -0.05) is 18.0 Å². The molecular weight excluding hydrogens is 519 g/mol. The van der Waals surface area contributed by atoms with E-state index in [1.165, 1.54) is 0 Å². The summed E-state index contributed by atoms with van der Waals surface area (Å²) in [6.07, 6.45) is 2.37. The first kappa shape index (κ1) is 27.6. The number of ether oxygens (including phenoxy) is 1. The first-order chi connectivity index (χ1) is 17.0. The highest BCUT2D eigenvalue weighted by molar-refractivity contribution is 8.11. The van der Waals surface area contributed by atoms with E-state index in [0.717, 1.165) is 50.4 Å². The number of halogens is 2. The molecule has 2 heterocycles. The highest BCUT2D eigenvalue weighted by atomic mass is 35.5. The fraction of sp³-hybridized carbons (Fsp3) is 0.476. The molecule has 12 nitrogen and oxygen atoms in total. The monoisotopic (exact) mass is 544 g/mol. The number of amides is 1. The van der Waals surface area contributed by atoms with Crippen LogP contribution >= 0.6 is 23.5 Å². The van der Waals surface area contributed by atoms with E-state index in [2.05, 4.69) is 10.7 Å². The number of anilines is 1. The predicted octanol–water partition coefficient (Wildman–Crippen LogP) is 1.61. The van der Waals surface area contributed by atoms with Gasteiger partial charge in [0, 0.05) is 32.1 Å². The number of rotatable bonds is 6. The Kier molecular flexibility index (Phi) is 9.11. The van der Waals surface area contributed by atoms with E-state index < -0.39 is 46.7 Å². The summed E-state index contributed by atoms with van der Waals surface area (Å²) >= 11 is 6.96. The number of esters is 1. The molecule has 36 heavy (non-hydrogen) atoms. The highest BCUT2D eigenvalue weighted by Gasteiger charge is 2.22. The van der Waals surface area contributed by atoms with Gasteiger partial charge < -0.3 is 10.1 Å². The first-order valence-corrected chi connectivity index (χ1v) is 12.3. The minimum atomic E-state index is -1.18. The lowest BCUT2D eigenvalue weighted by Gasteiger charge is -2.19. The summed E-state index contributed by atoms with van der Waals surface area (Å²) in [7, 11) is 1.11. The SMILES string of the molecule is CC(C)OC(=O)Cn1c(=O)n(C)c(=O)n(-c2cc(NC(=O)SN3CCCCCN3)c(F)cc2Cl)c1=O. The van der Waals surface area contributed by atoms with Gasteiger partial charge in [-0.25, -0.2) is 37.9 Å². The van der Waals surface area contributed by atoms with Crippen molar-refractivity contribution in [2.45, 2.75) is 45.8 Å². The van der Waals surface area contributed by atoms with E-state index in [4.69, 9.17) is 16.3 Å². The van der Waals surface area contributed by atoms with Crippen LogP contribution in [0.1, 0.15) is 33.1 Å². The first-order valence-electron chi connectivity index (χ1n) is 11.1. The number of hydrogen-bond acceptors (Lipinski definition) is 9. The number of nitrogens with one attached hydrogen (secondary N) is 2. The van der Waals surface area contributed by atoms with Crippen molar-refractivity contribution < 1.29 is 18.7 Å². The van der Waals surface area contributed by atoms with E-state index in [9.17, 15) is 28.4 Å². The Balaban J connectivity index is 1.99. The Labute approximate surface area is 214 Å². The van der Waals surface area contributed by atoms with Gasteiger partial charge in [0.2, 0.25) is 0 Å². The molecule has 3 rings (SSSR count). The molecule has 15 heteroatoms. The predicted molar refractivity (Wildman–Crippen MR) is 133 cm³/mol. The summed E-state index contributed by atoms with van der Waals surface area (Å²) in [4.78, 5) is 63.1. The molecule has 0 aliphatic carbocycles. The van der Waals surface area contributed by atoms with Crippen molar-refractivity contribution in [1.29, 1.82) is 0 Å². The van der Waals surface area contributed by atoms with Crippen molar-refractivity contribution in [2.24, 2.45) is 7.05 Å². The van der Waals surface area contributed by atoms with E-state index in [1.807, 2.05) is 0 Å². The van der Waals surface area contributed by atoms with Crippen LogP contribution in [0.4, 0.5) is 14.9 Å². The van der Waals surface area contributed by atoms with E-state index >= 15 is 0 Å². The van der Waals surface area contributed by atoms with Crippen LogP contribution in [-0.4, -0.2) is 48.5 Å². The van der Waals surface area contributed by atoms with E-state index in [1.54, 1.807) is 18.3 Å². The van der Waals surface area contributed by atoms with Gasteiger partial charge in [0.05, 0.1) is 22.5 Å². The van der Waals surface area contributed by atoms with Crippen LogP contribution in [0.25, 0.3) is 5.69 Å².